The van der Waals surface area contributed by atoms with E-state index in [1.54, 1.807) is 0 Å². The highest BCUT2D eigenvalue weighted by atomic mass is 15.3. The van der Waals surface area contributed by atoms with Gasteiger partial charge in [0.25, 0.3) is 0 Å². The van der Waals surface area contributed by atoms with E-state index in [-0.39, 0.29) is 0 Å². The zero-order chi connectivity index (χ0) is 14.0. The van der Waals surface area contributed by atoms with E-state index in [1.807, 2.05) is 0 Å². The lowest BCUT2D eigenvalue weighted by Gasteiger charge is -2.42. The SMILES string of the molecule is CCCC(C)(CNC1CC1)CN1CCN2CCCC2C1. The monoisotopic (exact) mass is 279 g/mol. The lowest BCUT2D eigenvalue weighted by atomic mass is 9.84. The van der Waals surface area contributed by atoms with Crippen molar-refractivity contribution in [3.05, 3.63) is 0 Å². The van der Waals surface area contributed by atoms with Crippen LogP contribution in [0.25, 0.3) is 0 Å². The Balaban J connectivity index is 1.51. The normalized spacial score (nSPS) is 31.2. The molecule has 1 aliphatic carbocycles. The van der Waals surface area contributed by atoms with Gasteiger partial charge in [-0.15, -0.1) is 0 Å². The van der Waals surface area contributed by atoms with E-state index in [9.17, 15) is 0 Å². The molecule has 0 aromatic carbocycles. The summed E-state index contributed by atoms with van der Waals surface area (Å²) in [6.07, 6.45) is 8.34. The largest absolute Gasteiger partial charge is 0.313 e. The Kier molecular flexibility index (Phi) is 4.68. The van der Waals surface area contributed by atoms with Crippen molar-refractivity contribution in [3.8, 4) is 0 Å². The highest BCUT2D eigenvalue weighted by Gasteiger charge is 2.34. The lowest BCUT2D eigenvalue weighted by molar-refractivity contribution is 0.0655. The first-order chi connectivity index (χ1) is 9.68. The summed E-state index contributed by atoms with van der Waals surface area (Å²) in [6, 6.07) is 1.71. The van der Waals surface area contributed by atoms with Crippen LogP contribution in [-0.4, -0.2) is 61.2 Å². The molecule has 0 bridgehead atoms. The van der Waals surface area contributed by atoms with Crippen LogP contribution < -0.4 is 5.32 Å². The second-order valence-electron chi connectivity index (χ2n) is 7.78. The van der Waals surface area contributed by atoms with Crippen LogP contribution in [-0.2, 0) is 0 Å². The Labute approximate surface area is 125 Å². The van der Waals surface area contributed by atoms with E-state index >= 15 is 0 Å². The average Bonchev–Trinajstić information content (AvgIpc) is 3.14. The number of nitrogens with one attached hydrogen (secondary N) is 1. The topological polar surface area (TPSA) is 18.5 Å². The van der Waals surface area contributed by atoms with E-state index in [0.29, 0.717) is 5.41 Å². The second kappa shape index (κ2) is 6.33. The van der Waals surface area contributed by atoms with E-state index in [0.717, 1.165) is 12.1 Å². The molecule has 2 aliphatic heterocycles. The Bertz CT molecular complexity index is 315. The summed E-state index contributed by atoms with van der Waals surface area (Å²) in [4.78, 5) is 5.48. The maximum atomic E-state index is 3.78. The fourth-order valence-corrected chi connectivity index (χ4v) is 4.24. The number of fused-ring (bicyclic) bond motifs is 1. The first-order valence-corrected chi connectivity index (χ1v) is 8.88. The molecule has 1 saturated carbocycles. The van der Waals surface area contributed by atoms with Gasteiger partial charge in [-0.25, -0.2) is 0 Å². The van der Waals surface area contributed by atoms with Gasteiger partial charge in [-0.1, -0.05) is 20.3 Å². The first-order valence-electron chi connectivity index (χ1n) is 8.88. The predicted octanol–water partition coefficient (Wildman–Crippen LogP) is 2.32. The van der Waals surface area contributed by atoms with Crippen LogP contribution in [0.3, 0.4) is 0 Å². The molecule has 2 unspecified atom stereocenters. The number of hydrogen-bond acceptors (Lipinski definition) is 3. The highest BCUT2D eigenvalue weighted by Crippen LogP contribution is 2.29. The molecule has 3 heteroatoms. The summed E-state index contributed by atoms with van der Waals surface area (Å²) >= 11 is 0. The molecule has 3 fully saturated rings. The third kappa shape index (κ3) is 3.75. The van der Waals surface area contributed by atoms with Crippen LogP contribution in [0.4, 0.5) is 0 Å². The third-order valence-electron chi connectivity index (χ3n) is 5.53. The first kappa shape index (κ1) is 14.8. The quantitative estimate of drug-likeness (QED) is 0.771. The summed E-state index contributed by atoms with van der Waals surface area (Å²) < 4.78 is 0. The molecule has 0 amide bonds. The number of hydrogen-bond donors (Lipinski definition) is 1. The van der Waals surface area contributed by atoms with Crippen molar-refractivity contribution in [1.82, 2.24) is 15.1 Å². The van der Waals surface area contributed by atoms with Crippen LogP contribution in [0.1, 0.15) is 52.4 Å². The van der Waals surface area contributed by atoms with Gasteiger partial charge in [0, 0.05) is 44.8 Å². The summed E-state index contributed by atoms with van der Waals surface area (Å²) in [7, 11) is 0. The van der Waals surface area contributed by atoms with E-state index in [4.69, 9.17) is 0 Å². The van der Waals surface area contributed by atoms with Crippen molar-refractivity contribution >= 4 is 0 Å². The summed E-state index contributed by atoms with van der Waals surface area (Å²) in [5.41, 5.74) is 0.470. The average molecular weight is 279 g/mol. The molecule has 1 N–H and O–H groups in total. The van der Waals surface area contributed by atoms with Crippen molar-refractivity contribution < 1.29 is 0 Å². The Morgan fingerprint density at radius 3 is 2.75 bits per heavy atom. The van der Waals surface area contributed by atoms with Crippen LogP contribution in [0, 0.1) is 5.41 Å². The minimum atomic E-state index is 0.470. The van der Waals surface area contributed by atoms with Crippen molar-refractivity contribution in [2.24, 2.45) is 5.41 Å². The molecular formula is C17H33N3. The molecule has 0 radical (unpaired) electrons. The molecule has 0 aromatic heterocycles. The fourth-order valence-electron chi connectivity index (χ4n) is 4.24. The summed E-state index contributed by atoms with van der Waals surface area (Å²) in [6.45, 7) is 12.6. The number of piperazine rings is 1. The molecule has 3 rings (SSSR count). The van der Waals surface area contributed by atoms with Gasteiger partial charge in [-0.3, -0.25) is 9.80 Å². The van der Waals surface area contributed by atoms with E-state index in [2.05, 4.69) is 29.0 Å². The molecule has 3 nitrogen and oxygen atoms in total. The zero-order valence-corrected chi connectivity index (χ0v) is 13.5. The Morgan fingerprint density at radius 2 is 2.00 bits per heavy atom. The fraction of sp³-hybridized carbons (Fsp3) is 1.00. The standard InChI is InChI=1S/C17H33N3/c1-3-8-17(2,13-18-15-6-7-15)14-19-10-11-20-9-4-5-16(20)12-19/h15-16,18H,3-14H2,1-2H3. The molecule has 20 heavy (non-hydrogen) atoms. The highest BCUT2D eigenvalue weighted by molar-refractivity contribution is 4.91. The van der Waals surface area contributed by atoms with Gasteiger partial charge >= 0.3 is 0 Å². The summed E-state index contributed by atoms with van der Waals surface area (Å²) in [5, 5.41) is 3.78. The summed E-state index contributed by atoms with van der Waals surface area (Å²) in [5.74, 6) is 0. The van der Waals surface area contributed by atoms with Crippen LogP contribution in [0.15, 0.2) is 0 Å². The van der Waals surface area contributed by atoms with Gasteiger partial charge in [0.15, 0.2) is 0 Å². The van der Waals surface area contributed by atoms with Crippen molar-refractivity contribution in [2.45, 2.75) is 64.5 Å². The smallest absolute Gasteiger partial charge is 0.0224 e. The predicted molar refractivity (Wildman–Crippen MR) is 85.1 cm³/mol. The maximum absolute atomic E-state index is 3.78. The Hall–Kier alpha value is -0.120. The van der Waals surface area contributed by atoms with Crippen molar-refractivity contribution in [1.29, 1.82) is 0 Å². The molecule has 2 saturated heterocycles. The molecular weight excluding hydrogens is 246 g/mol. The van der Waals surface area contributed by atoms with Crippen molar-refractivity contribution in [3.63, 3.8) is 0 Å². The van der Waals surface area contributed by atoms with E-state index < -0.39 is 0 Å². The Morgan fingerprint density at radius 1 is 1.15 bits per heavy atom. The van der Waals surface area contributed by atoms with Crippen LogP contribution in [0.2, 0.25) is 0 Å². The molecule has 0 spiro atoms. The second-order valence-corrected chi connectivity index (χ2v) is 7.78. The van der Waals surface area contributed by atoms with Gasteiger partial charge in [-0.2, -0.15) is 0 Å². The van der Waals surface area contributed by atoms with Gasteiger partial charge in [0.1, 0.15) is 0 Å². The van der Waals surface area contributed by atoms with Crippen molar-refractivity contribution in [2.75, 3.05) is 39.3 Å². The van der Waals surface area contributed by atoms with Gasteiger partial charge in [-0.05, 0) is 44.1 Å². The zero-order valence-electron chi connectivity index (χ0n) is 13.5. The number of rotatable bonds is 7. The minimum absolute atomic E-state index is 0.470. The lowest BCUT2D eigenvalue weighted by Crippen LogP contribution is -2.53. The number of nitrogens with zero attached hydrogens (tertiary/aromatic N) is 2. The minimum Gasteiger partial charge on any atom is -0.313 e. The van der Waals surface area contributed by atoms with E-state index in [1.165, 1.54) is 77.8 Å². The molecule has 116 valence electrons. The van der Waals surface area contributed by atoms with Crippen LogP contribution >= 0.6 is 0 Å². The van der Waals surface area contributed by atoms with Crippen LogP contribution in [0.5, 0.6) is 0 Å². The van der Waals surface area contributed by atoms with Gasteiger partial charge in [0.05, 0.1) is 0 Å². The molecule has 3 aliphatic rings. The maximum Gasteiger partial charge on any atom is 0.0224 e. The van der Waals surface area contributed by atoms with Gasteiger partial charge < -0.3 is 5.32 Å². The van der Waals surface area contributed by atoms with Gasteiger partial charge in [0.2, 0.25) is 0 Å². The molecule has 2 atom stereocenters. The third-order valence-corrected chi connectivity index (χ3v) is 5.53. The molecule has 2 heterocycles. The molecule has 0 aromatic rings.